The summed E-state index contributed by atoms with van der Waals surface area (Å²) in [5.41, 5.74) is 2.08. The van der Waals surface area contributed by atoms with Crippen molar-refractivity contribution in [3.63, 3.8) is 0 Å². The summed E-state index contributed by atoms with van der Waals surface area (Å²) in [5.74, 6) is 0.844. The molecule has 0 amide bonds. The Morgan fingerprint density at radius 3 is 2.78 bits per heavy atom. The molecule has 1 aromatic heterocycles. The molecular formula is C14H18N2OS. The average molecular weight is 262 g/mol. The van der Waals surface area contributed by atoms with Crippen molar-refractivity contribution >= 4 is 17.4 Å². The van der Waals surface area contributed by atoms with E-state index in [1.54, 1.807) is 0 Å². The molecule has 0 unspecified atom stereocenters. The summed E-state index contributed by atoms with van der Waals surface area (Å²) in [6, 6.07) is 10.3. The monoisotopic (exact) mass is 262 g/mol. The van der Waals surface area contributed by atoms with Crippen LogP contribution < -0.4 is 5.32 Å². The van der Waals surface area contributed by atoms with Crippen LogP contribution in [-0.4, -0.2) is 10.4 Å². The third-order valence-electron chi connectivity index (χ3n) is 2.39. The molecule has 0 aliphatic heterocycles. The number of hydrogen-bond donors (Lipinski definition) is 1. The minimum absolute atomic E-state index is 0.572. The van der Waals surface area contributed by atoms with Crippen molar-refractivity contribution in [1.82, 2.24) is 5.16 Å². The van der Waals surface area contributed by atoms with Gasteiger partial charge in [-0.2, -0.15) is 0 Å². The Morgan fingerprint density at radius 2 is 2.11 bits per heavy atom. The second kappa shape index (κ2) is 5.96. The van der Waals surface area contributed by atoms with Gasteiger partial charge in [0.25, 0.3) is 0 Å². The molecule has 3 nitrogen and oxygen atoms in total. The Morgan fingerprint density at radius 1 is 1.33 bits per heavy atom. The van der Waals surface area contributed by atoms with E-state index < -0.39 is 0 Å². The van der Waals surface area contributed by atoms with E-state index in [0.29, 0.717) is 11.8 Å². The van der Waals surface area contributed by atoms with E-state index in [2.05, 4.69) is 42.5 Å². The molecule has 0 radical (unpaired) electrons. The van der Waals surface area contributed by atoms with Gasteiger partial charge in [-0.3, -0.25) is 0 Å². The lowest BCUT2D eigenvalue weighted by Crippen LogP contribution is -2.01. The number of nitrogens with zero attached hydrogens (tertiary/aromatic N) is 1. The lowest BCUT2D eigenvalue weighted by Gasteiger charge is -2.12. The normalized spacial score (nSPS) is 10.9. The lowest BCUT2D eigenvalue weighted by atomic mass is 10.3. The number of nitrogens with one attached hydrogen (secondary N) is 1. The van der Waals surface area contributed by atoms with Gasteiger partial charge in [0, 0.05) is 21.9 Å². The van der Waals surface area contributed by atoms with E-state index >= 15 is 0 Å². The van der Waals surface area contributed by atoms with Crippen LogP contribution in [-0.2, 0) is 6.54 Å². The Kier molecular flexibility index (Phi) is 4.31. The third-order valence-corrected chi connectivity index (χ3v) is 3.47. The summed E-state index contributed by atoms with van der Waals surface area (Å²) in [5, 5.41) is 7.95. The van der Waals surface area contributed by atoms with Gasteiger partial charge in [-0.1, -0.05) is 31.1 Å². The quantitative estimate of drug-likeness (QED) is 0.823. The van der Waals surface area contributed by atoms with Crippen molar-refractivity contribution < 1.29 is 4.52 Å². The zero-order valence-electron chi connectivity index (χ0n) is 10.9. The highest BCUT2D eigenvalue weighted by atomic mass is 32.2. The molecule has 0 aliphatic carbocycles. The van der Waals surface area contributed by atoms with Gasteiger partial charge >= 0.3 is 0 Å². The molecule has 0 atom stereocenters. The number of benzene rings is 1. The number of aryl methyl sites for hydroxylation is 1. The maximum Gasteiger partial charge on any atom is 0.133 e. The van der Waals surface area contributed by atoms with Crippen molar-refractivity contribution in [2.45, 2.75) is 37.5 Å². The van der Waals surface area contributed by atoms with E-state index in [9.17, 15) is 0 Å². The van der Waals surface area contributed by atoms with Crippen LogP contribution in [0.15, 0.2) is 39.8 Å². The topological polar surface area (TPSA) is 38.1 Å². The van der Waals surface area contributed by atoms with Gasteiger partial charge in [0.05, 0.1) is 6.54 Å². The first-order valence-electron chi connectivity index (χ1n) is 6.07. The van der Waals surface area contributed by atoms with Gasteiger partial charge in [-0.15, -0.1) is 11.8 Å². The smallest absolute Gasteiger partial charge is 0.133 e. The van der Waals surface area contributed by atoms with Crippen molar-refractivity contribution in [1.29, 1.82) is 0 Å². The highest BCUT2D eigenvalue weighted by Gasteiger charge is 2.05. The Labute approximate surface area is 112 Å². The standard InChI is InChI=1S/C14H18N2OS/c1-10(2)18-14-7-5-4-6-13(14)15-9-12-8-11(3)17-16-12/h4-8,10,15H,9H2,1-3H3. The molecular weight excluding hydrogens is 244 g/mol. The van der Waals surface area contributed by atoms with Crippen LogP contribution >= 0.6 is 11.8 Å². The summed E-state index contributed by atoms with van der Waals surface area (Å²) < 4.78 is 5.05. The predicted octanol–water partition coefficient (Wildman–Crippen LogP) is 4.10. The number of hydrogen-bond acceptors (Lipinski definition) is 4. The fourth-order valence-electron chi connectivity index (χ4n) is 1.66. The summed E-state index contributed by atoms with van der Waals surface area (Å²) in [6.07, 6.45) is 0. The predicted molar refractivity (Wildman–Crippen MR) is 76.0 cm³/mol. The molecule has 2 aromatic rings. The Bertz CT molecular complexity index is 508. The van der Waals surface area contributed by atoms with E-state index in [1.165, 1.54) is 4.90 Å². The van der Waals surface area contributed by atoms with Crippen LogP contribution in [0.1, 0.15) is 25.3 Å². The van der Waals surface area contributed by atoms with E-state index in [1.807, 2.05) is 30.8 Å². The van der Waals surface area contributed by atoms with Crippen LogP contribution in [0.2, 0.25) is 0 Å². The molecule has 1 aromatic carbocycles. The number of rotatable bonds is 5. The van der Waals surface area contributed by atoms with Gasteiger partial charge in [-0.25, -0.2) is 0 Å². The Balaban J connectivity index is 2.04. The second-order valence-corrected chi connectivity index (χ2v) is 6.06. The van der Waals surface area contributed by atoms with Gasteiger partial charge < -0.3 is 9.84 Å². The first kappa shape index (κ1) is 13.0. The summed E-state index contributed by atoms with van der Waals surface area (Å²) >= 11 is 1.86. The zero-order chi connectivity index (χ0) is 13.0. The molecule has 0 saturated heterocycles. The molecule has 1 N–H and O–H groups in total. The van der Waals surface area contributed by atoms with Crippen molar-refractivity contribution in [3.8, 4) is 0 Å². The molecule has 0 aliphatic rings. The van der Waals surface area contributed by atoms with Crippen molar-refractivity contribution in [2.75, 3.05) is 5.32 Å². The van der Waals surface area contributed by atoms with Gasteiger partial charge in [0.2, 0.25) is 0 Å². The number of anilines is 1. The number of para-hydroxylation sites is 1. The van der Waals surface area contributed by atoms with Crippen LogP contribution in [0.5, 0.6) is 0 Å². The molecule has 1 heterocycles. The maximum atomic E-state index is 5.05. The fourth-order valence-corrected chi connectivity index (χ4v) is 2.59. The van der Waals surface area contributed by atoms with Gasteiger partial charge in [0.1, 0.15) is 11.5 Å². The maximum absolute atomic E-state index is 5.05. The molecule has 96 valence electrons. The first-order valence-corrected chi connectivity index (χ1v) is 6.95. The molecule has 18 heavy (non-hydrogen) atoms. The van der Waals surface area contributed by atoms with Gasteiger partial charge in [0.15, 0.2) is 0 Å². The van der Waals surface area contributed by atoms with Crippen molar-refractivity contribution in [2.24, 2.45) is 0 Å². The minimum atomic E-state index is 0.572. The molecule has 4 heteroatoms. The summed E-state index contributed by atoms with van der Waals surface area (Å²) in [6.45, 7) is 6.98. The van der Waals surface area contributed by atoms with Crippen LogP contribution in [0.3, 0.4) is 0 Å². The van der Waals surface area contributed by atoms with Crippen LogP contribution in [0, 0.1) is 6.92 Å². The summed E-state index contributed by atoms with van der Waals surface area (Å²) in [7, 11) is 0. The minimum Gasteiger partial charge on any atom is -0.378 e. The highest BCUT2D eigenvalue weighted by molar-refractivity contribution is 8.00. The third kappa shape index (κ3) is 3.53. The van der Waals surface area contributed by atoms with E-state index in [0.717, 1.165) is 17.1 Å². The SMILES string of the molecule is Cc1cc(CNc2ccccc2SC(C)C)no1. The fraction of sp³-hybridized carbons (Fsp3) is 0.357. The molecule has 2 rings (SSSR count). The molecule has 0 bridgehead atoms. The molecule has 0 saturated carbocycles. The number of thioether (sulfide) groups is 1. The Hall–Kier alpha value is -1.42. The number of aromatic nitrogens is 1. The second-order valence-electron chi connectivity index (χ2n) is 4.45. The molecule has 0 spiro atoms. The van der Waals surface area contributed by atoms with E-state index in [-0.39, 0.29) is 0 Å². The van der Waals surface area contributed by atoms with E-state index in [4.69, 9.17) is 4.52 Å². The van der Waals surface area contributed by atoms with Crippen molar-refractivity contribution in [3.05, 3.63) is 41.8 Å². The van der Waals surface area contributed by atoms with Crippen LogP contribution in [0.4, 0.5) is 5.69 Å². The largest absolute Gasteiger partial charge is 0.378 e. The lowest BCUT2D eigenvalue weighted by molar-refractivity contribution is 0.391. The first-order chi connectivity index (χ1) is 8.65. The average Bonchev–Trinajstić information content (AvgIpc) is 2.73. The zero-order valence-corrected chi connectivity index (χ0v) is 11.8. The van der Waals surface area contributed by atoms with Crippen LogP contribution in [0.25, 0.3) is 0 Å². The molecule has 0 fully saturated rings. The van der Waals surface area contributed by atoms with Gasteiger partial charge in [-0.05, 0) is 19.1 Å². The highest BCUT2D eigenvalue weighted by Crippen LogP contribution is 2.30. The summed E-state index contributed by atoms with van der Waals surface area (Å²) in [4.78, 5) is 1.27.